The van der Waals surface area contributed by atoms with Gasteiger partial charge in [-0.1, -0.05) is 26.0 Å². The molecule has 7 nitrogen and oxygen atoms in total. The fourth-order valence-electron chi connectivity index (χ4n) is 5.21. The summed E-state index contributed by atoms with van der Waals surface area (Å²) in [7, 11) is 3.15. The van der Waals surface area contributed by atoms with Crippen molar-refractivity contribution in [3.8, 4) is 11.8 Å². The highest BCUT2D eigenvalue weighted by molar-refractivity contribution is 5.29. The summed E-state index contributed by atoms with van der Waals surface area (Å²) in [5.41, 5.74) is 3.78. The summed E-state index contributed by atoms with van der Waals surface area (Å²) in [4.78, 5) is 21.3. The Hall–Kier alpha value is -4.08. The zero-order valence-corrected chi connectivity index (χ0v) is 24.5. The topological polar surface area (TPSA) is 82.9 Å². The summed E-state index contributed by atoms with van der Waals surface area (Å²) in [6.45, 7) is 6.12. The van der Waals surface area contributed by atoms with Crippen molar-refractivity contribution in [2.75, 3.05) is 14.2 Å². The van der Waals surface area contributed by atoms with Crippen LogP contribution in [-0.4, -0.2) is 39.1 Å². The lowest BCUT2D eigenvalue weighted by Gasteiger charge is -2.30. The number of ether oxygens (including phenoxy) is 2. The van der Waals surface area contributed by atoms with Gasteiger partial charge in [0.05, 0.1) is 20.4 Å². The maximum atomic E-state index is 13.2. The van der Waals surface area contributed by atoms with Crippen LogP contribution in [0.1, 0.15) is 90.4 Å². The van der Waals surface area contributed by atoms with Gasteiger partial charge in [-0.2, -0.15) is 13.2 Å². The van der Waals surface area contributed by atoms with E-state index in [1.54, 1.807) is 25.7 Å². The van der Waals surface area contributed by atoms with Gasteiger partial charge < -0.3 is 9.47 Å². The fourth-order valence-corrected chi connectivity index (χ4v) is 5.21. The number of nitrogens with zero attached hydrogens (tertiary/aromatic N) is 5. The van der Waals surface area contributed by atoms with Gasteiger partial charge in [0, 0.05) is 36.7 Å². The Balaban J connectivity index is 1.66. The molecule has 42 heavy (non-hydrogen) atoms. The van der Waals surface area contributed by atoms with Crippen LogP contribution in [0.2, 0.25) is 0 Å². The van der Waals surface area contributed by atoms with E-state index in [4.69, 9.17) is 9.47 Å². The third-order valence-electron chi connectivity index (χ3n) is 7.90. The quantitative estimate of drug-likeness (QED) is 0.170. The van der Waals surface area contributed by atoms with E-state index in [1.165, 1.54) is 19.4 Å². The van der Waals surface area contributed by atoms with Crippen molar-refractivity contribution in [1.82, 2.24) is 24.9 Å². The summed E-state index contributed by atoms with van der Waals surface area (Å²) in [6, 6.07) is 8.88. The van der Waals surface area contributed by atoms with Crippen LogP contribution in [0.4, 0.5) is 13.2 Å². The molecule has 0 aliphatic heterocycles. The molecule has 4 aromatic heterocycles. The van der Waals surface area contributed by atoms with Gasteiger partial charge in [0.15, 0.2) is 0 Å². The van der Waals surface area contributed by atoms with E-state index in [-0.39, 0.29) is 29.7 Å². The molecule has 222 valence electrons. The fraction of sp³-hybridized carbons (Fsp3) is 0.406. The number of methoxy groups -OCH3 is 2. The van der Waals surface area contributed by atoms with Crippen LogP contribution in [0.25, 0.3) is 0 Å². The standard InChI is InChI=1S/C32H36F3N5O2/c1-20(26-12-28(41-4)19-36-14-26)6-8-23(27-17-39-31(42-5)40-18-27)13-29(25-9-7-21(2)37-16-25)22(3)24-10-11-30(38-15-24)32(33,34)35/h7,9-12,14-20,22-23,29H,6,8,13H2,1-5H3. The third kappa shape index (κ3) is 7.80. The van der Waals surface area contributed by atoms with E-state index in [9.17, 15) is 13.2 Å². The first kappa shape index (κ1) is 30.9. The molecule has 0 radical (unpaired) electrons. The Morgan fingerprint density at radius 3 is 2.02 bits per heavy atom. The molecular formula is C32H36F3N5O2. The minimum atomic E-state index is -4.49. The summed E-state index contributed by atoms with van der Waals surface area (Å²) in [6.07, 6.45) is 8.23. The second-order valence-electron chi connectivity index (χ2n) is 10.7. The van der Waals surface area contributed by atoms with E-state index in [1.807, 2.05) is 44.4 Å². The molecule has 0 N–H and O–H groups in total. The van der Waals surface area contributed by atoms with Crippen molar-refractivity contribution < 1.29 is 22.6 Å². The lowest BCUT2D eigenvalue weighted by atomic mass is 9.75. The molecule has 0 bridgehead atoms. The first-order valence-corrected chi connectivity index (χ1v) is 13.9. The van der Waals surface area contributed by atoms with Crippen molar-refractivity contribution in [3.05, 3.63) is 101 Å². The largest absolute Gasteiger partial charge is 0.495 e. The van der Waals surface area contributed by atoms with Gasteiger partial charge in [-0.15, -0.1) is 0 Å². The molecule has 0 aliphatic carbocycles. The molecule has 0 aromatic carbocycles. The molecule has 4 aromatic rings. The molecular weight excluding hydrogens is 543 g/mol. The molecule has 0 fully saturated rings. The van der Waals surface area contributed by atoms with Gasteiger partial charge in [-0.05, 0) is 90.3 Å². The van der Waals surface area contributed by atoms with Gasteiger partial charge in [0.25, 0.3) is 0 Å². The molecule has 0 aliphatic rings. The van der Waals surface area contributed by atoms with Gasteiger partial charge in [-0.3, -0.25) is 15.0 Å². The van der Waals surface area contributed by atoms with Gasteiger partial charge in [0.1, 0.15) is 11.4 Å². The Kier molecular flexibility index (Phi) is 10.1. The third-order valence-corrected chi connectivity index (χ3v) is 7.90. The molecule has 4 unspecified atom stereocenters. The average molecular weight is 580 g/mol. The first-order valence-electron chi connectivity index (χ1n) is 13.9. The number of rotatable bonds is 12. The van der Waals surface area contributed by atoms with Crippen molar-refractivity contribution in [2.24, 2.45) is 0 Å². The second kappa shape index (κ2) is 13.7. The number of alkyl halides is 3. The monoisotopic (exact) mass is 579 g/mol. The smallest absolute Gasteiger partial charge is 0.433 e. The molecule has 0 spiro atoms. The van der Waals surface area contributed by atoms with Gasteiger partial charge in [-0.25, -0.2) is 9.97 Å². The van der Waals surface area contributed by atoms with E-state index in [2.05, 4.69) is 31.8 Å². The summed E-state index contributed by atoms with van der Waals surface area (Å²) in [5.74, 6) is 0.784. The number of halogens is 3. The van der Waals surface area contributed by atoms with Crippen molar-refractivity contribution in [1.29, 1.82) is 0 Å². The zero-order valence-electron chi connectivity index (χ0n) is 24.5. The van der Waals surface area contributed by atoms with Crippen molar-refractivity contribution >= 4 is 0 Å². The van der Waals surface area contributed by atoms with Crippen LogP contribution >= 0.6 is 0 Å². The lowest BCUT2D eigenvalue weighted by Crippen LogP contribution is -2.16. The minimum Gasteiger partial charge on any atom is -0.495 e. The molecule has 10 heteroatoms. The summed E-state index contributed by atoms with van der Waals surface area (Å²) >= 11 is 0. The SMILES string of the molecule is COc1cncc(C(C)CCC(CC(c2ccc(C)nc2)C(C)c2ccc(C(F)(F)F)nc2)c2cnc(OC)nc2)c1. The molecule has 0 saturated heterocycles. The highest BCUT2D eigenvalue weighted by atomic mass is 19.4. The van der Waals surface area contributed by atoms with Crippen LogP contribution in [0.5, 0.6) is 11.8 Å². The molecule has 0 amide bonds. The molecule has 4 atom stereocenters. The average Bonchev–Trinajstić information content (AvgIpc) is 3.01. The van der Waals surface area contributed by atoms with Crippen LogP contribution in [0.3, 0.4) is 0 Å². The second-order valence-corrected chi connectivity index (χ2v) is 10.7. The summed E-state index contributed by atoms with van der Waals surface area (Å²) < 4.78 is 50.2. The minimum absolute atomic E-state index is 0.0492. The molecule has 4 rings (SSSR count). The van der Waals surface area contributed by atoms with Gasteiger partial charge >= 0.3 is 12.2 Å². The van der Waals surface area contributed by atoms with E-state index in [0.29, 0.717) is 12.2 Å². The maximum absolute atomic E-state index is 13.2. The van der Waals surface area contributed by atoms with Crippen LogP contribution in [0.15, 0.2) is 67.5 Å². The number of hydrogen-bond donors (Lipinski definition) is 0. The predicted molar refractivity (Wildman–Crippen MR) is 154 cm³/mol. The van der Waals surface area contributed by atoms with E-state index < -0.39 is 11.9 Å². The van der Waals surface area contributed by atoms with Gasteiger partial charge in [0.2, 0.25) is 0 Å². The number of pyridine rings is 3. The van der Waals surface area contributed by atoms with E-state index >= 15 is 0 Å². The summed E-state index contributed by atoms with van der Waals surface area (Å²) in [5, 5.41) is 0. The Labute approximate surface area is 244 Å². The Morgan fingerprint density at radius 2 is 1.43 bits per heavy atom. The molecule has 4 heterocycles. The van der Waals surface area contributed by atoms with Crippen molar-refractivity contribution in [3.63, 3.8) is 0 Å². The predicted octanol–water partition coefficient (Wildman–Crippen LogP) is 7.65. The molecule has 0 saturated carbocycles. The van der Waals surface area contributed by atoms with E-state index in [0.717, 1.165) is 46.9 Å². The number of aromatic nitrogens is 5. The van der Waals surface area contributed by atoms with Crippen LogP contribution in [0, 0.1) is 6.92 Å². The highest BCUT2D eigenvalue weighted by Crippen LogP contribution is 2.42. The highest BCUT2D eigenvalue weighted by Gasteiger charge is 2.33. The maximum Gasteiger partial charge on any atom is 0.433 e. The Bertz CT molecular complexity index is 1410. The number of hydrogen-bond acceptors (Lipinski definition) is 7. The lowest BCUT2D eigenvalue weighted by molar-refractivity contribution is -0.141. The normalized spacial score (nSPS) is 14.6. The zero-order chi connectivity index (χ0) is 30.3. The first-order chi connectivity index (χ1) is 20.1. The van der Waals surface area contributed by atoms with Crippen LogP contribution in [-0.2, 0) is 6.18 Å². The van der Waals surface area contributed by atoms with Crippen LogP contribution < -0.4 is 9.47 Å². The van der Waals surface area contributed by atoms with Crippen molar-refractivity contribution in [2.45, 2.75) is 69.9 Å². The number of aryl methyl sites for hydroxylation is 1. The Morgan fingerprint density at radius 1 is 0.738 bits per heavy atom.